The van der Waals surface area contributed by atoms with Gasteiger partial charge in [-0.15, -0.1) is 0 Å². The van der Waals surface area contributed by atoms with E-state index in [4.69, 9.17) is 19.4 Å². The highest BCUT2D eigenvalue weighted by atomic mass is 19.3. The summed E-state index contributed by atoms with van der Waals surface area (Å²) in [5, 5.41) is 5.38. The summed E-state index contributed by atoms with van der Waals surface area (Å²) in [5.41, 5.74) is 5.36. The van der Waals surface area contributed by atoms with Gasteiger partial charge in [-0.25, -0.2) is 37.1 Å². The molecule has 2 aromatic heterocycles. The fraction of sp³-hybridized carbons (Fsp3) is 0.542. The average Bonchev–Trinajstić information content (AvgIpc) is 4.01. The number of aromatic nitrogens is 4. The van der Waals surface area contributed by atoms with E-state index in [9.17, 15) is 36.7 Å². The number of piperidine rings is 2. The number of hydrogen-bond acceptors (Lipinski definition) is 8. The van der Waals surface area contributed by atoms with E-state index >= 15 is 0 Å². The maximum Gasteiger partial charge on any atom is 0.407 e. The van der Waals surface area contributed by atoms with Crippen molar-refractivity contribution in [2.45, 2.75) is 99.5 Å². The zero-order valence-electron chi connectivity index (χ0n) is 36.3. The highest BCUT2D eigenvalue weighted by Gasteiger charge is 2.74. The van der Waals surface area contributed by atoms with Crippen LogP contribution in [0.5, 0.6) is 0 Å². The number of amides is 4. The van der Waals surface area contributed by atoms with Crippen LogP contribution < -0.4 is 10.6 Å². The number of fused-ring (bicyclic) bond motifs is 4. The lowest BCUT2D eigenvalue weighted by Gasteiger charge is -2.33. The fourth-order valence-electron chi connectivity index (χ4n) is 12.7. The molecule has 4 unspecified atom stereocenters. The third-order valence-electron chi connectivity index (χ3n) is 16.6. The number of H-pyrrole nitrogens is 2. The number of carbonyl (C=O) groups excluding carboxylic acids is 4. The van der Waals surface area contributed by atoms with Crippen molar-refractivity contribution in [3.63, 3.8) is 0 Å². The largest absolute Gasteiger partial charge is 0.453 e. The molecular formula is C48H50F4N8O6. The summed E-state index contributed by atoms with van der Waals surface area (Å²) >= 11 is 0. The number of nitrogens with one attached hydrogen (secondary N) is 4. The van der Waals surface area contributed by atoms with E-state index in [1.807, 2.05) is 58.3 Å². The van der Waals surface area contributed by atoms with Crippen molar-refractivity contribution in [3.8, 4) is 33.6 Å². The Morgan fingerprint density at radius 2 is 0.924 bits per heavy atom. The third-order valence-corrected chi connectivity index (χ3v) is 16.6. The van der Waals surface area contributed by atoms with Gasteiger partial charge in [-0.05, 0) is 97.3 Å². The highest BCUT2D eigenvalue weighted by molar-refractivity contribution is 5.88. The van der Waals surface area contributed by atoms with Gasteiger partial charge in [0.15, 0.2) is 0 Å². The van der Waals surface area contributed by atoms with Gasteiger partial charge in [0.05, 0.1) is 50.1 Å². The molecule has 8 fully saturated rings. The van der Waals surface area contributed by atoms with Crippen molar-refractivity contribution >= 4 is 24.0 Å². The number of benzene rings is 2. The molecule has 8 aliphatic rings. The number of methoxy groups -OCH3 is 2. The summed E-state index contributed by atoms with van der Waals surface area (Å²) in [4.78, 5) is 73.2. The van der Waals surface area contributed by atoms with Gasteiger partial charge in [-0.1, -0.05) is 48.5 Å². The minimum Gasteiger partial charge on any atom is -0.453 e. The van der Waals surface area contributed by atoms with Gasteiger partial charge < -0.3 is 39.9 Å². The van der Waals surface area contributed by atoms with Gasteiger partial charge in [0.2, 0.25) is 11.8 Å². The van der Waals surface area contributed by atoms with Crippen LogP contribution in [0, 0.1) is 47.3 Å². The number of alkyl halides is 4. The molecule has 66 heavy (non-hydrogen) atoms. The van der Waals surface area contributed by atoms with Crippen LogP contribution in [0.1, 0.15) is 75.1 Å². The first-order valence-electron chi connectivity index (χ1n) is 23.1. The predicted molar refractivity (Wildman–Crippen MR) is 227 cm³/mol. The van der Waals surface area contributed by atoms with Crippen LogP contribution in [0.15, 0.2) is 60.9 Å². The molecule has 0 bridgehead atoms. The molecule has 2 saturated heterocycles. The van der Waals surface area contributed by atoms with Crippen molar-refractivity contribution in [2.24, 2.45) is 47.3 Å². The molecule has 14 nitrogen and oxygen atoms in total. The van der Waals surface area contributed by atoms with Crippen molar-refractivity contribution in [1.29, 1.82) is 0 Å². The van der Waals surface area contributed by atoms with Crippen molar-refractivity contribution in [1.82, 2.24) is 40.4 Å². The molecule has 4 aromatic rings. The first-order chi connectivity index (χ1) is 31.7. The number of imidazole rings is 2. The van der Waals surface area contributed by atoms with E-state index < -0.39 is 71.6 Å². The van der Waals surface area contributed by atoms with Gasteiger partial charge in [0.25, 0.3) is 11.8 Å². The number of hydrogen-bond donors (Lipinski definition) is 4. The summed E-state index contributed by atoms with van der Waals surface area (Å²) in [6.45, 7) is 0. The third kappa shape index (κ3) is 6.69. The summed E-state index contributed by atoms with van der Waals surface area (Å²) in [5.74, 6) is -7.75. The highest BCUT2D eigenvalue weighted by Crippen LogP contribution is 2.67. The standard InChI is InChI=1S/C48H50F4N8O6/c1-65-45(63)57-39(27-11-29-30(12-27)47(29,49)50)43(61)59-35-15-25(35)17-37(59)41-53-19-33(55-41)23-7-3-21(4-8-23)22-5-9-24(10-6-22)34-20-54-42(56-34)38-18-26-16-36(26)60(38)44(62)40(58-46(64)66-2)28-13-31-32(14-28)48(31,51)52/h3-10,19-20,25-32,35-40H,11-18H2,1-2H3,(H,53,55)(H,54,56)(H,57,63)(H,58,64)/t25-,26-,27?,28?,29-,30+,31-,32+,35-,36-,37+,38+,39?,40?/m1/s1. The predicted octanol–water partition coefficient (Wildman–Crippen LogP) is 7.49. The van der Waals surface area contributed by atoms with Crippen LogP contribution in [0.3, 0.4) is 0 Å². The molecule has 4 amide bonds. The monoisotopic (exact) mass is 910 g/mol. The SMILES string of the molecule is COC(=O)NC(C(=O)N1[C@@H]2C[C@@H]2C[C@H]1c1ncc(-c2ccc(-c3ccc(-c4cnc([C@@H]5C[C@H]6C[C@H]6N5C(=O)C(NC(=O)OC)C5C[C@@H]6[C@H](C5)C6(F)F)[nH]4)cc3)cc2)[nH]1)C1C[C@@H]2[C@H](C1)C2(F)F. The van der Waals surface area contributed by atoms with E-state index in [1.54, 1.807) is 12.4 Å². The Balaban J connectivity index is 0.709. The Morgan fingerprint density at radius 3 is 1.27 bits per heavy atom. The van der Waals surface area contributed by atoms with E-state index in [0.29, 0.717) is 23.5 Å². The number of halogens is 4. The van der Waals surface area contributed by atoms with Gasteiger partial charge in [0, 0.05) is 35.8 Å². The van der Waals surface area contributed by atoms with Gasteiger partial charge in [-0.3, -0.25) is 9.59 Å². The number of nitrogens with zero attached hydrogens (tertiary/aromatic N) is 4. The lowest BCUT2D eigenvalue weighted by molar-refractivity contribution is -0.138. The van der Waals surface area contributed by atoms with Gasteiger partial charge >= 0.3 is 12.2 Å². The average molecular weight is 911 g/mol. The summed E-state index contributed by atoms with van der Waals surface area (Å²) < 4.78 is 66.1. The molecule has 2 aromatic carbocycles. The molecule has 346 valence electrons. The normalized spacial score (nSPS) is 34.0. The van der Waals surface area contributed by atoms with Crippen LogP contribution in [0.4, 0.5) is 27.2 Å². The van der Waals surface area contributed by atoms with Crippen molar-refractivity contribution in [2.75, 3.05) is 14.2 Å². The molecule has 6 saturated carbocycles. The first-order valence-corrected chi connectivity index (χ1v) is 23.1. The van der Waals surface area contributed by atoms with Crippen LogP contribution in [-0.4, -0.2) is 104 Å². The number of carbonyl (C=O) groups is 4. The van der Waals surface area contributed by atoms with E-state index in [1.165, 1.54) is 14.2 Å². The molecule has 14 atom stereocenters. The quantitative estimate of drug-likeness (QED) is 0.112. The Hall–Kier alpha value is -5.94. The second-order valence-corrected chi connectivity index (χ2v) is 20.1. The fourth-order valence-corrected chi connectivity index (χ4v) is 12.7. The summed E-state index contributed by atoms with van der Waals surface area (Å²) in [6, 6.07) is 13.6. The number of ether oxygens (including phenoxy) is 2. The Bertz CT molecular complexity index is 2420. The number of likely N-dealkylation sites (tertiary alicyclic amines) is 2. The molecular weight excluding hydrogens is 861 g/mol. The Morgan fingerprint density at radius 1 is 0.576 bits per heavy atom. The molecule has 0 spiro atoms. The molecule has 0 radical (unpaired) electrons. The van der Waals surface area contributed by atoms with E-state index in [0.717, 1.165) is 59.3 Å². The maximum absolute atomic E-state index is 14.2. The second kappa shape index (κ2) is 14.8. The minimum absolute atomic E-state index is 0.0157. The van der Waals surface area contributed by atoms with Crippen LogP contribution >= 0.6 is 0 Å². The Labute approximate surface area is 377 Å². The first kappa shape index (κ1) is 41.5. The zero-order chi connectivity index (χ0) is 45.6. The minimum atomic E-state index is -2.69. The van der Waals surface area contributed by atoms with E-state index in [2.05, 4.69) is 20.6 Å². The molecule has 6 aliphatic carbocycles. The van der Waals surface area contributed by atoms with Gasteiger partial charge in [-0.2, -0.15) is 0 Å². The topological polar surface area (TPSA) is 175 Å². The smallest absolute Gasteiger partial charge is 0.407 e. The molecule has 4 N–H and O–H groups in total. The Kier molecular flexibility index (Phi) is 9.29. The van der Waals surface area contributed by atoms with Gasteiger partial charge in [0.1, 0.15) is 23.7 Å². The second-order valence-electron chi connectivity index (χ2n) is 20.1. The molecule has 12 rings (SSSR count). The van der Waals surface area contributed by atoms with Crippen LogP contribution in [0.25, 0.3) is 33.6 Å². The number of aromatic amines is 2. The summed E-state index contributed by atoms with van der Waals surface area (Å²) in [6.07, 6.45) is 5.91. The van der Waals surface area contributed by atoms with Crippen molar-refractivity contribution < 1.29 is 46.2 Å². The molecule has 4 heterocycles. The molecule has 2 aliphatic heterocycles. The lowest BCUT2D eigenvalue weighted by Crippen LogP contribution is -2.53. The number of alkyl carbamates (subject to hydrolysis) is 2. The zero-order valence-corrected chi connectivity index (χ0v) is 36.3. The van der Waals surface area contributed by atoms with Crippen LogP contribution in [0.2, 0.25) is 0 Å². The van der Waals surface area contributed by atoms with E-state index in [-0.39, 0.29) is 61.7 Å². The van der Waals surface area contributed by atoms with Crippen molar-refractivity contribution in [3.05, 3.63) is 72.6 Å². The molecule has 18 heteroatoms. The maximum atomic E-state index is 14.2. The number of rotatable bonds is 11. The lowest BCUT2D eigenvalue weighted by atomic mass is 9.92. The summed E-state index contributed by atoms with van der Waals surface area (Å²) in [7, 11) is 2.44. The van der Waals surface area contributed by atoms with Crippen LogP contribution in [-0.2, 0) is 19.1 Å².